The van der Waals surface area contributed by atoms with Gasteiger partial charge in [-0.2, -0.15) is 0 Å². The normalized spacial score (nSPS) is 10.2. The van der Waals surface area contributed by atoms with E-state index in [2.05, 4.69) is 10.3 Å². The van der Waals surface area contributed by atoms with Gasteiger partial charge in [-0.05, 0) is 12.1 Å². The lowest BCUT2D eigenvalue weighted by Crippen LogP contribution is -1.98. The average molecular weight is 308 g/mol. The number of rotatable bonds is 7. The number of nitrogens with one attached hydrogen (secondary N) is 1. The summed E-state index contributed by atoms with van der Waals surface area (Å²) in [5.74, 6) is 0.561. The molecule has 0 unspecified atom stereocenters. The van der Waals surface area contributed by atoms with Gasteiger partial charge in [0.15, 0.2) is 5.13 Å². The summed E-state index contributed by atoms with van der Waals surface area (Å²) in [5.41, 5.74) is 1.50. The minimum absolute atomic E-state index is 0.0751. The summed E-state index contributed by atoms with van der Waals surface area (Å²) in [6.45, 7) is 0. The SMILES string of the molecule is COc1ccc(OC)c(Nc2nc(CCC(=O)O)cs2)c1. The highest BCUT2D eigenvalue weighted by Gasteiger charge is 2.09. The molecule has 0 spiro atoms. The first-order valence-corrected chi connectivity index (χ1v) is 7.15. The molecule has 0 aliphatic carbocycles. The van der Waals surface area contributed by atoms with Crippen LogP contribution in [0.5, 0.6) is 11.5 Å². The number of aliphatic carboxylic acids is 1. The van der Waals surface area contributed by atoms with E-state index in [4.69, 9.17) is 14.6 Å². The molecule has 1 heterocycles. The molecule has 112 valence electrons. The Hall–Kier alpha value is -2.28. The Labute approximate surface area is 126 Å². The van der Waals surface area contributed by atoms with Crippen LogP contribution in [-0.4, -0.2) is 30.3 Å². The van der Waals surface area contributed by atoms with Crippen LogP contribution >= 0.6 is 11.3 Å². The van der Waals surface area contributed by atoms with Crippen LogP contribution in [0.25, 0.3) is 0 Å². The molecule has 2 aromatic rings. The molecule has 7 heteroatoms. The molecular weight excluding hydrogens is 292 g/mol. The largest absolute Gasteiger partial charge is 0.497 e. The van der Waals surface area contributed by atoms with Crippen molar-refractivity contribution in [3.05, 3.63) is 29.3 Å². The van der Waals surface area contributed by atoms with Crippen molar-refractivity contribution in [2.75, 3.05) is 19.5 Å². The van der Waals surface area contributed by atoms with Gasteiger partial charge in [0.05, 0.1) is 32.0 Å². The fraction of sp³-hybridized carbons (Fsp3) is 0.286. The highest BCUT2D eigenvalue weighted by molar-refractivity contribution is 7.13. The number of aromatic nitrogens is 1. The molecule has 0 radical (unpaired) electrons. The van der Waals surface area contributed by atoms with Crippen LogP contribution in [0, 0.1) is 0 Å². The van der Waals surface area contributed by atoms with Gasteiger partial charge >= 0.3 is 5.97 Å². The molecule has 2 rings (SSSR count). The first-order chi connectivity index (χ1) is 10.1. The van der Waals surface area contributed by atoms with Gasteiger partial charge in [-0.25, -0.2) is 4.98 Å². The molecule has 6 nitrogen and oxygen atoms in total. The van der Waals surface area contributed by atoms with Gasteiger partial charge in [0.25, 0.3) is 0 Å². The molecule has 1 aromatic heterocycles. The predicted molar refractivity (Wildman–Crippen MR) is 80.9 cm³/mol. The topological polar surface area (TPSA) is 80.7 Å². The van der Waals surface area contributed by atoms with Crippen molar-refractivity contribution < 1.29 is 19.4 Å². The van der Waals surface area contributed by atoms with Gasteiger partial charge < -0.3 is 19.9 Å². The van der Waals surface area contributed by atoms with E-state index in [1.54, 1.807) is 20.3 Å². The third-order valence-electron chi connectivity index (χ3n) is 2.79. The van der Waals surface area contributed by atoms with Gasteiger partial charge in [0.2, 0.25) is 0 Å². The second kappa shape index (κ2) is 6.94. The van der Waals surface area contributed by atoms with E-state index in [1.807, 2.05) is 17.5 Å². The summed E-state index contributed by atoms with van der Waals surface area (Å²) in [4.78, 5) is 14.9. The molecule has 0 saturated heterocycles. The number of carbonyl (C=O) groups is 1. The van der Waals surface area contributed by atoms with E-state index >= 15 is 0 Å². The summed E-state index contributed by atoms with van der Waals surface area (Å²) in [6, 6.07) is 5.43. The van der Waals surface area contributed by atoms with E-state index in [0.29, 0.717) is 23.1 Å². The van der Waals surface area contributed by atoms with Crippen LogP contribution in [0.2, 0.25) is 0 Å². The number of aryl methyl sites for hydroxylation is 1. The van der Waals surface area contributed by atoms with Crippen molar-refractivity contribution in [2.45, 2.75) is 12.8 Å². The Balaban J connectivity index is 2.12. The number of hydrogen-bond acceptors (Lipinski definition) is 6. The van der Waals surface area contributed by atoms with Gasteiger partial charge in [0.1, 0.15) is 11.5 Å². The summed E-state index contributed by atoms with van der Waals surface area (Å²) >= 11 is 1.42. The Morgan fingerprint density at radius 2 is 2.19 bits per heavy atom. The van der Waals surface area contributed by atoms with Crippen LogP contribution in [0.3, 0.4) is 0 Å². The Morgan fingerprint density at radius 1 is 1.38 bits per heavy atom. The van der Waals surface area contributed by atoms with Gasteiger partial charge in [-0.15, -0.1) is 11.3 Å². The number of nitrogens with zero attached hydrogens (tertiary/aromatic N) is 1. The number of methoxy groups -OCH3 is 2. The lowest BCUT2D eigenvalue weighted by Gasteiger charge is -2.10. The molecule has 0 atom stereocenters. The van der Waals surface area contributed by atoms with Crippen LogP contribution < -0.4 is 14.8 Å². The predicted octanol–water partition coefficient (Wildman–Crippen LogP) is 2.92. The van der Waals surface area contributed by atoms with Crippen molar-refractivity contribution >= 4 is 28.1 Å². The number of thiazole rings is 1. The first-order valence-electron chi connectivity index (χ1n) is 6.27. The minimum Gasteiger partial charge on any atom is -0.497 e. The highest BCUT2D eigenvalue weighted by Crippen LogP contribution is 2.32. The van der Waals surface area contributed by atoms with Crippen molar-refractivity contribution in [3.8, 4) is 11.5 Å². The van der Waals surface area contributed by atoms with Gasteiger partial charge in [-0.1, -0.05) is 0 Å². The second-order valence-corrected chi connectivity index (χ2v) is 5.09. The van der Waals surface area contributed by atoms with Crippen molar-refractivity contribution in [3.63, 3.8) is 0 Å². The zero-order valence-corrected chi connectivity index (χ0v) is 12.6. The lowest BCUT2D eigenvalue weighted by molar-refractivity contribution is -0.136. The Morgan fingerprint density at radius 3 is 2.86 bits per heavy atom. The Kier molecular flexibility index (Phi) is 4.99. The van der Waals surface area contributed by atoms with Crippen LogP contribution in [0.1, 0.15) is 12.1 Å². The van der Waals surface area contributed by atoms with Crippen LogP contribution in [-0.2, 0) is 11.2 Å². The van der Waals surface area contributed by atoms with Crippen molar-refractivity contribution in [2.24, 2.45) is 0 Å². The van der Waals surface area contributed by atoms with E-state index < -0.39 is 5.97 Å². The number of carboxylic acid groups (broad SMARTS) is 1. The number of benzene rings is 1. The highest BCUT2D eigenvalue weighted by atomic mass is 32.1. The average Bonchev–Trinajstić information content (AvgIpc) is 2.92. The smallest absolute Gasteiger partial charge is 0.303 e. The Bertz CT molecular complexity index is 627. The van der Waals surface area contributed by atoms with E-state index in [9.17, 15) is 4.79 Å². The molecule has 1 aromatic carbocycles. The zero-order valence-electron chi connectivity index (χ0n) is 11.8. The monoisotopic (exact) mass is 308 g/mol. The fourth-order valence-electron chi connectivity index (χ4n) is 1.74. The third kappa shape index (κ3) is 4.09. The summed E-state index contributed by atoms with van der Waals surface area (Å²) < 4.78 is 10.5. The second-order valence-electron chi connectivity index (χ2n) is 4.23. The van der Waals surface area contributed by atoms with Crippen LogP contribution in [0.4, 0.5) is 10.8 Å². The maximum Gasteiger partial charge on any atom is 0.303 e. The summed E-state index contributed by atoms with van der Waals surface area (Å²) in [5, 5.41) is 14.4. The van der Waals surface area contributed by atoms with E-state index in [1.165, 1.54) is 11.3 Å². The molecule has 0 amide bonds. The lowest BCUT2D eigenvalue weighted by atomic mass is 10.2. The molecule has 0 saturated carbocycles. The molecule has 0 aliphatic rings. The number of anilines is 2. The maximum atomic E-state index is 10.6. The zero-order chi connectivity index (χ0) is 15.2. The standard InChI is InChI=1S/C14H16N2O4S/c1-19-10-4-5-12(20-2)11(7-10)16-14-15-9(8-21-14)3-6-13(17)18/h4-5,7-8H,3,6H2,1-2H3,(H,15,16)(H,17,18). The molecule has 21 heavy (non-hydrogen) atoms. The maximum absolute atomic E-state index is 10.6. The minimum atomic E-state index is -0.827. The molecular formula is C14H16N2O4S. The summed E-state index contributed by atoms with van der Waals surface area (Å²) in [7, 11) is 3.19. The fourth-order valence-corrected chi connectivity index (χ4v) is 2.50. The van der Waals surface area contributed by atoms with Gasteiger partial charge in [0, 0.05) is 17.9 Å². The van der Waals surface area contributed by atoms with Crippen LogP contribution in [0.15, 0.2) is 23.6 Å². The van der Waals surface area contributed by atoms with E-state index in [0.717, 1.165) is 11.4 Å². The molecule has 2 N–H and O–H groups in total. The molecule has 0 fully saturated rings. The quantitative estimate of drug-likeness (QED) is 0.818. The molecule has 0 aliphatic heterocycles. The number of ether oxygens (including phenoxy) is 2. The first kappa shape index (κ1) is 15.1. The third-order valence-corrected chi connectivity index (χ3v) is 3.60. The van der Waals surface area contributed by atoms with Crippen molar-refractivity contribution in [1.29, 1.82) is 0 Å². The molecule has 0 bridgehead atoms. The van der Waals surface area contributed by atoms with Crippen molar-refractivity contribution in [1.82, 2.24) is 4.98 Å². The van der Waals surface area contributed by atoms with Gasteiger partial charge in [-0.3, -0.25) is 4.79 Å². The van der Waals surface area contributed by atoms with E-state index in [-0.39, 0.29) is 6.42 Å². The number of carboxylic acids is 1. The summed E-state index contributed by atoms with van der Waals surface area (Å²) in [6.07, 6.45) is 0.494. The number of hydrogen-bond donors (Lipinski definition) is 2.